The van der Waals surface area contributed by atoms with Crippen molar-refractivity contribution >= 4 is 10.8 Å². The quantitative estimate of drug-likeness (QED) is 0.292. The molecule has 0 spiro atoms. The molecule has 0 aliphatic heterocycles. The minimum atomic E-state index is 1.23. The molecule has 0 bridgehead atoms. The van der Waals surface area contributed by atoms with Gasteiger partial charge in [-0.05, 0) is 68.1 Å². The molecular formula is C26H41N. The molecule has 1 heteroatoms. The number of aryl methyl sites for hydroxylation is 1. The first kappa shape index (κ1) is 22.0. The van der Waals surface area contributed by atoms with E-state index >= 15 is 0 Å². The van der Waals surface area contributed by atoms with E-state index in [1.165, 1.54) is 107 Å². The average Bonchev–Trinajstić information content (AvgIpc) is 2.69. The summed E-state index contributed by atoms with van der Waals surface area (Å²) in [5.74, 6) is 0. The fraction of sp³-hybridized carbons (Fsp3) is 0.615. The molecule has 27 heavy (non-hydrogen) atoms. The van der Waals surface area contributed by atoms with Gasteiger partial charge in [0.1, 0.15) is 0 Å². The zero-order valence-corrected chi connectivity index (χ0v) is 17.9. The molecule has 1 nitrogen and oxygen atoms in total. The third-order valence-corrected chi connectivity index (χ3v) is 5.63. The van der Waals surface area contributed by atoms with Crippen LogP contribution in [0.25, 0.3) is 10.8 Å². The fourth-order valence-electron chi connectivity index (χ4n) is 4.19. The van der Waals surface area contributed by atoms with Gasteiger partial charge in [0.15, 0.2) is 0 Å². The van der Waals surface area contributed by atoms with Crippen molar-refractivity contribution in [3.05, 3.63) is 48.0 Å². The largest absolute Gasteiger partial charge is 0.303 e. The smallest absolute Gasteiger partial charge is 0.00187 e. The van der Waals surface area contributed by atoms with Crippen molar-refractivity contribution in [2.24, 2.45) is 0 Å². The molecule has 0 unspecified atom stereocenters. The van der Waals surface area contributed by atoms with E-state index in [9.17, 15) is 0 Å². The van der Waals surface area contributed by atoms with Gasteiger partial charge in [0.25, 0.3) is 0 Å². The minimum absolute atomic E-state index is 1.23. The Morgan fingerprint density at radius 1 is 0.593 bits per heavy atom. The number of hydrogen-bond acceptors (Lipinski definition) is 1. The molecule has 150 valence electrons. The molecule has 2 rings (SSSR count). The number of fused-ring (bicyclic) bond motifs is 1. The summed E-state index contributed by atoms with van der Waals surface area (Å²) in [6.45, 7) is 8.47. The van der Waals surface area contributed by atoms with Gasteiger partial charge >= 0.3 is 0 Å². The Bertz CT molecular complexity index is 607. The van der Waals surface area contributed by atoms with Crippen LogP contribution in [0, 0.1) is 0 Å². The van der Waals surface area contributed by atoms with Crippen molar-refractivity contribution in [3.63, 3.8) is 0 Å². The maximum atomic E-state index is 2.65. The predicted octanol–water partition coefficient (Wildman–Crippen LogP) is 7.63. The summed E-state index contributed by atoms with van der Waals surface area (Å²) < 4.78 is 0. The Hall–Kier alpha value is -1.34. The normalized spacial score (nSPS) is 11.5. The van der Waals surface area contributed by atoms with Crippen LogP contribution in [0.3, 0.4) is 0 Å². The lowest BCUT2D eigenvalue weighted by Crippen LogP contribution is -2.26. The standard InChI is InChI=1S/C26H41N/c1-3-21-27(22-4-2)23-14-10-8-6-5-7-9-11-16-24-18-15-19-25-17-12-13-20-26(24)25/h12-13,15,17-20H,3-11,14,16,21-23H2,1-2H3. The first-order valence-electron chi connectivity index (χ1n) is 11.5. The van der Waals surface area contributed by atoms with Gasteiger partial charge in [-0.2, -0.15) is 0 Å². The number of benzene rings is 2. The Kier molecular flexibility index (Phi) is 11.2. The second-order valence-electron chi connectivity index (χ2n) is 8.06. The van der Waals surface area contributed by atoms with Crippen molar-refractivity contribution < 1.29 is 0 Å². The van der Waals surface area contributed by atoms with Gasteiger partial charge in [-0.25, -0.2) is 0 Å². The van der Waals surface area contributed by atoms with Crippen molar-refractivity contribution in [2.75, 3.05) is 19.6 Å². The lowest BCUT2D eigenvalue weighted by molar-refractivity contribution is 0.267. The Balaban J connectivity index is 1.49. The predicted molar refractivity (Wildman–Crippen MR) is 122 cm³/mol. The second-order valence-corrected chi connectivity index (χ2v) is 8.06. The lowest BCUT2D eigenvalue weighted by Gasteiger charge is -2.20. The minimum Gasteiger partial charge on any atom is -0.303 e. The Labute approximate surface area is 168 Å². The van der Waals surface area contributed by atoms with E-state index in [4.69, 9.17) is 0 Å². The van der Waals surface area contributed by atoms with Gasteiger partial charge in [0.2, 0.25) is 0 Å². The van der Waals surface area contributed by atoms with Crippen molar-refractivity contribution in [2.45, 2.75) is 84.5 Å². The van der Waals surface area contributed by atoms with Gasteiger partial charge < -0.3 is 4.90 Å². The molecular weight excluding hydrogens is 326 g/mol. The van der Waals surface area contributed by atoms with Crippen molar-refractivity contribution in [1.82, 2.24) is 4.90 Å². The average molecular weight is 368 g/mol. The van der Waals surface area contributed by atoms with Crippen LogP contribution in [0.5, 0.6) is 0 Å². The molecule has 0 saturated carbocycles. The molecule has 0 atom stereocenters. The highest BCUT2D eigenvalue weighted by Crippen LogP contribution is 2.20. The van der Waals surface area contributed by atoms with Crippen molar-refractivity contribution in [3.8, 4) is 0 Å². The first-order valence-corrected chi connectivity index (χ1v) is 11.5. The number of nitrogens with zero attached hydrogens (tertiary/aromatic N) is 1. The molecule has 2 aromatic rings. The fourth-order valence-corrected chi connectivity index (χ4v) is 4.19. The monoisotopic (exact) mass is 367 g/mol. The Morgan fingerprint density at radius 2 is 1.19 bits per heavy atom. The van der Waals surface area contributed by atoms with E-state index in [1.807, 2.05) is 0 Å². The van der Waals surface area contributed by atoms with Crippen LogP contribution in [-0.2, 0) is 6.42 Å². The Morgan fingerprint density at radius 3 is 1.89 bits per heavy atom. The number of rotatable bonds is 15. The number of hydrogen-bond donors (Lipinski definition) is 0. The summed E-state index contributed by atoms with van der Waals surface area (Å²) in [4.78, 5) is 2.65. The molecule has 0 aliphatic carbocycles. The van der Waals surface area contributed by atoms with Gasteiger partial charge in [0, 0.05) is 0 Å². The van der Waals surface area contributed by atoms with Crippen LogP contribution < -0.4 is 0 Å². The maximum absolute atomic E-state index is 2.65. The lowest BCUT2D eigenvalue weighted by atomic mass is 9.99. The van der Waals surface area contributed by atoms with Crippen LogP contribution in [0.1, 0.15) is 83.6 Å². The highest BCUT2D eigenvalue weighted by Gasteiger charge is 2.02. The van der Waals surface area contributed by atoms with E-state index in [2.05, 4.69) is 61.2 Å². The highest BCUT2D eigenvalue weighted by atomic mass is 15.1. The third kappa shape index (κ3) is 8.47. The molecule has 0 aromatic heterocycles. The topological polar surface area (TPSA) is 3.24 Å². The molecule has 2 aromatic carbocycles. The zero-order chi connectivity index (χ0) is 19.2. The van der Waals surface area contributed by atoms with Crippen molar-refractivity contribution in [1.29, 1.82) is 0 Å². The van der Waals surface area contributed by atoms with Gasteiger partial charge in [-0.3, -0.25) is 0 Å². The van der Waals surface area contributed by atoms with Gasteiger partial charge in [0.05, 0.1) is 0 Å². The van der Waals surface area contributed by atoms with Crippen LogP contribution in [0.2, 0.25) is 0 Å². The maximum Gasteiger partial charge on any atom is -0.00187 e. The van der Waals surface area contributed by atoms with Crippen LogP contribution in [0.15, 0.2) is 42.5 Å². The summed E-state index contributed by atoms with van der Waals surface area (Å²) >= 11 is 0. The van der Waals surface area contributed by atoms with Crippen LogP contribution in [0.4, 0.5) is 0 Å². The summed E-state index contributed by atoms with van der Waals surface area (Å²) in [7, 11) is 0. The first-order chi connectivity index (χ1) is 13.3. The van der Waals surface area contributed by atoms with Crippen LogP contribution in [-0.4, -0.2) is 24.5 Å². The molecule has 0 radical (unpaired) electrons. The van der Waals surface area contributed by atoms with E-state index in [1.54, 1.807) is 0 Å². The van der Waals surface area contributed by atoms with Gasteiger partial charge in [-0.15, -0.1) is 0 Å². The molecule has 0 saturated heterocycles. The molecule has 0 fully saturated rings. The summed E-state index contributed by atoms with van der Waals surface area (Å²) in [6, 6.07) is 15.5. The molecule has 0 heterocycles. The van der Waals surface area contributed by atoms with E-state index in [0.29, 0.717) is 0 Å². The van der Waals surface area contributed by atoms with Gasteiger partial charge in [-0.1, -0.05) is 94.8 Å². The van der Waals surface area contributed by atoms with E-state index in [-0.39, 0.29) is 0 Å². The third-order valence-electron chi connectivity index (χ3n) is 5.63. The number of unbranched alkanes of at least 4 members (excludes halogenated alkanes) is 7. The SMILES string of the molecule is CCCN(CCC)CCCCCCCCCCc1cccc2ccccc12. The molecule has 0 amide bonds. The van der Waals surface area contributed by atoms with Crippen LogP contribution >= 0.6 is 0 Å². The second kappa shape index (κ2) is 13.8. The molecule has 0 N–H and O–H groups in total. The van der Waals surface area contributed by atoms with E-state index < -0.39 is 0 Å². The summed E-state index contributed by atoms with van der Waals surface area (Å²) in [5.41, 5.74) is 1.52. The highest BCUT2D eigenvalue weighted by molar-refractivity contribution is 5.85. The summed E-state index contributed by atoms with van der Waals surface area (Å²) in [6.07, 6.45) is 15.0. The van der Waals surface area contributed by atoms with E-state index in [0.717, 1.165) is 0 Å². The zero-order valence-electron chi connectivity index (χ0n) is 17.9. The molecule has 0 aliphatic rings. The summed E-state index contributed by atoms with van der Waals surface area (Å²) in [5, 5.41) is 2.83.